The van der Waals surface area contributed by atoms with Crippen molar-refractivity contribution in [2.75, 3.05) is 0 Å². The van der Waals surface area contributed by atoms with Crippen molar-refractivity contribution in [1.29, 1.82) is 0 Å². The molecule has 80 valence electrons. The molecule has 3 nitrogen and oxygen atoms in total. The molecule has 0 spiro atoms. The zero-order valence-electron chi connectivity index (χ0n) is 9.57. The van der Waals surface area contributed by atoms with E-state index < -0.39 is 0 Å². The average molecular weight is 203 g/mol. The highest BCUT2D eigenvalue weighted by Gasteiger charge is 2.22. The Hall–Kier alpha value is -1.38. The molecule has 0 atom stereocenters. The number of benzene rings is 1. The molecular weight excluding hydrogens is 186 g/mol. The molecule has 0 radical (unpaired) electrons. The van der Waals surface area contributed by atoms with Crippen LogP contribution >= 0.6 is 0 Å². The van der Waals surface area contributed by atoms with E-state index in [1.54, 1.807) is 0 Å². The lowest BCUT2D eigenvalue weighted by molar-refractivity contribution is 0.296. The monoisotopic (exact) mass is 203 g/mol. The maximum atomic E-state index is 4.25. The minimum Gasteiger partial charge on any atom is -0.239 e. The van der Waals surface area contributed by atoms with Crippen molar-refractivity contribution in [3.8, 4) is 0 Å². The Bertz CT molecular complexity index is 457. The largest absolute Gasteiger partial charge is 0.239 e. The summed E-state index contributed by atoms with van der Waals surface area (Å²) in [6.07, 6.45) is 2.27. The second-order valence-electron chi connectivity index (χ2n) is 4.55. The van der Waals surface area contributed by atoms with Gasteiger partial charge in [0.2, 0.25) is 0 Å². The number of nitrogens with zero attached hydrogens (tertiary/aromatic N) is 3. The number of fused-ring (bicyclic) bond motifs is 1. The molecule has 15 heavy (non-hydrogen) atoms. The number of para-hydroxylation sites is 1. The lowest BCUT2D eigenvalue weighted by Crippen LogP contribution is -2.27. The van der Waals surface area contributed by atoms with Gasteiger partial charge in [-0.15, -0.1) is 5.10 Å². The SMILES string of the molecule is CCCC(C)(C)n1nnc2ccccc21. The van der Waals surface area contributed by atoms with Crippen LogP contribution in [0.15, 0.2) is 24.3 Å². The molecule has 0 aliphatic heterocycles. The molecule has 0 saturated carbocycles. The van der Waals surface area contributed by atoms with Gasteiger partial charge in [-0.05, 0) is 32.4 Å². The highest BCUT2D eigenvalue weighted by atomic mass is 15.4. The van der Waals surface area contributed by atoms with Crippen molar-refractivity contribution in [2.24, 2.45) is 0 Å². The van der Waals surface area contributed by atoms with Crippen LogP contribution in [-0.4, -0.2) is 15.0 Å². The summed E-state index contributed by atoms with van der Waals surface area (Å²) in [4.78, 5) is 0. The van der Waals surface area contributed by atoms with Gasteiger partial charge in [0.1, 0.15) is 5.52 Å². The highest BCUT2D eigenvalue weighted by Crippen LogP contribution is 2.24. The molecule has 3 heteroatoms. The molecule has 2 rings (SSSR count). The van der Waals surface area contributed by atoms with E-state index in [0.29, 0.717) is 0 Å². The number of aromatic nitrogens is 3. The van der Waals surface area contributed by atoms with E-state index in [9.17, 15) is 0 Å². The first-order valence-corrected chi connectivity index (χ1v) is 5.46. The Morgan fingerprint density at radius 2 is 2.00 bits per heavy atom. The molecule has 1 heterocycles. The Balaban J connectivity index is 2.52. The van der Waals surface area contributed by atoms with Gasteiger partial charge in [0, 0.05) is 0 Å². The number of rotatable bonds is 3. The third kappa shape index (κ3) is 1.74. The van der Waals surface area contributed by atoms with Gasteiger partial charge in [-0.25, -0.2) is 4.68 Å². The van der Waals surface area contributed by atoms with Gasteiger partial charge in [0.05, 0.1) is 11.1 Å². The summed E-state index contributed by atoms with van der Waals surface area (Å²) in [5.74, 6) is 0. The summed E-state index contributed by atoms with van der Waals surface area (Å²) in [5.41, 5.74) is 2.14. The van der Waals surface area contributed by atoms with Crippen molar-refractivity contribution in [2.45, 2.75) is 39.2 Å². The summed E-state index contributed by atoms with van der Waals surface area (Å²) in [6, 6.07) is 8.10. The van der Waals surface area contributed by atoms with Crippen LogP contribution in [0.1, 0.15) is 33.6 Å². The fraction of sp³-hybridized carbons (Fsp3) is 0.500. The van der Waals surface area contributed by atoms with Crippen molar-refractivity contribution in [3.63, 3.8) is 0 Å². The molecule has 2 aromatic rings. The summed E-state index contributed by atoms with van der Waals surface area (Å²) >= 11 is 0. The van der Waals surface area contributed by atoms with Gasteiger partial charge in [0.15, 0.2) is 0 Å². The van der Waals surface area contributed by atoms with Crippen LogP contribution in [0.4, 0.5) is 0 Å². The molecule has 0 saturated heterocycles. The summed E-state index contributed by atoms with van der Waals surface area (Å²) in [5, 5.41) is 8.43. The van der Waals surface area contributed by atoms with Crippen LogP contribution in [0, 0.1) is 0 Å². The highest BCUT2D eigenvalue weighted by molar-refractivity contribution is 5.74. The molecule has 0 fully saturated rings. The standard InChI is InChI=1S/C12H17N3/c1-4-9-12(2,3)15-11-8-6-5-7-10(11)13-14-15/h5-8H,4,9H2,1-3H3. The summed E-state index contributed by atoms with van der Waals surface area (Å²) in [7, 11) is 0. The molecule has 0 aliphatic rings. The van der Waals surface area contributed by atoms with Gasteiger partial charge in [0.25, 0.3) is 0 Å². The van der Waals surface area contributed by atoms with Crippen molar-refractivity contribution >= 4 is 11.0 Å². The van der Waals surface area contributed by atoms with E-state index in [4.69, 9.17) is 0 Å². The number of hydrogen-bond donors (Lipinski definition) is 0. The van der Waals surface area contributed by atoms with Crippen molar-refractivity contribution in [3.05, 3.63) is 24.3 Å². The Morgan fingerprint density at radius 1 is 1.27 bits per heavy atom. The Kier molecular flexibility index (Phi) is 2.47. The predicted molar refractivity (Wildman–Crippen MR) is 61.8 cm³/mol. The predicted octanol–water partition coefficient (Wildman–Crippen LogP) is 2.97. The van der Waals surface area contributed by atoms with Crippen LogP contribution in [0.5, 0.6) is 0 Å². The van der Waals surface area contributed by atoms with Gasteiger partial charge in [-0.2, -0.15) is 0 Å². The topological polar surface area (TPSA) is 30.7 Å². The summed E-state index contributed by atoms with van der Waals surface area (Å²) < 4.78 is 2.03. The minimum atomic E-state index is 0.0465. The zero-order chi connectivity index (χ0) is 10.9. The molecule has 0 bridgehead atoms. The van der Waals surface area contributed by atoms with Gasteiger partial charge in [-0.1, -0.05) is 30.7 Å². The smallest absolute Gasteiger partial charge is 0.113 e. The molecule has 0 aliphatic carbocycles. The van der Waals surface area contributed by atoms with E-state index >= 15 is 0 Å². The zero-order valence-corrected chi connectivity index (χ0v) is 9.57. The third-order valence-corrected chi connectivity index (χ3v) is 2.79. The van der Waals surface area contributed by atoms with E-state index in [0.717, 1.165) is 23.9 Å². The fourth-order valence-corrected chi connectivity index (χ4v) is 2.03. The minimum absolute atomic E-state index is 0.0465. The first kappa shape index (κ1) is 10.1. The normalized spacial score (nSPS) is 12.2. The molecular formula is C12H17N3. The van der Waals surface area contributed by atoms with Gasteiger partial charge < -0.3 is 0 Å². The van der Waals surface area contributed by atoms with Crippen LogP contribution in [-0.2, 0) is 5.54 Å². The third-order valence-electron chi connectivity index (χ3n) is 2.79. The second kappa shape index (κ2) is 3.65. The van der Waals surface area contributed by atoms with E-state index in [1.165, 1.54) is 0 Å². The lowest BCUT2D eigenvalue weighted by Gasteiger charge is -2.24. The van der Waals surface area contributed by atoms with Crippen molar-refractivity contribution < 1.29 is 0 Å². The maximum Gasteiger partial charge on any atom is 0.113 e. The second-order valence-corrected chi connectivity index (χ2v) is 4.55. The molecule has 1 aromatic heterocycles. The average Bonchev–Trinajstić information content (AvgIpc) is 2.61. The van der Waals surface area contributed by atoms with Gasteiger partial charge in [-0.3, -0.25) is 0 Å². The van der Waals surface area contributed by atoms with Crippen LogP contribution in [0.25, 0.3) is 11.0 Å². The van der Waals surface area contributed by atoms with Gasteiger partial charge >= 0.3 is 0 Å². The first-order valence-electron chi connectivity index (χ1n) is 5.46. The fourth-order valence-electron chi connectivity index (χ4n) is 2.03. The first-order chi connectivity index (χ1) is 7.15. The van der Waals surface area contributed by atoms with E-state index in [1.807, 2.05) is 22.9 Å². The van der Waals surface area contributed by atoms with Crippen LogP contribution < -0.4 is 0 Å². The van der Waals surface area contributed by atoms with Crippen molar-refractivity contribution in [1.82, 2.24) is 15.0 Å². The Morgan fingerprint density at radius 3 is 2.73 bits per heavy atom. The molecule has 0 amide bonds. The van der Waals surface area contributed by atoms with E-state index in [2.05, 4.69) is 37.1 Å². The Labute approximate surface area is 90.1 Å². The van der Waals surface area contributed by atoms with Crippen LogP contribution in [0.3, 0.4) is 0 Å². The quantitative estimate of drug-likeness (QED) is 0.767. The van der Waals surface area contributed by atoms with E-state index in [-0.39, 0.29) is 5.54 Å². The lowest BCUT2D eigenvalue weighted by atomic mass is 9.99. The molecule has 0 N–H and O–H groups in total. The molecule has 1 aromatic carbocycles. The molecule has 0 unspecified atom stereocenters. The summed E-state index contributed by atoms with van der Waals surface area (Å²) in [6.45, 7) is 6.61. The number of hydrogen-bond acceptors (Lipinski definition) is 2. The maximum absolute atomic E-state index is 4.25. The van der Waals surface area contributed by atoms with Crippen LogP contribution in [0.2, 0.25) is 0 Å².